The average molecular weight is 368 g/mol. The summed E-state index contributed by atoms with van der Waals surface area (Å²) >= 11 is 0. The Hall–Kier alpha value is -0.910. The number of hydrogen-bond donors (Lipinski definition) is 3. The number of aliphatic hydroxyl groups is 1. The van der Waals surface area contributed by atoms with Crippen LogP contribution in [0, 0.1) is 11.8 Å². The SMILES string of the molecule is CCCCC(O)CNCC[C@H]1[C@@H](C/C=C\CCCC(=O)O)[C@H]2CC[C@@H]1O2. The number of rotatable bonds is 14. The van der Waals surface area contributed by atoms with Crippen LogP contribution in [0.15, 0.2) is 12.2 Å². The topological polar surface area (TPSA) is 78.8 Å². The van der Waals surface area contributed by atoms with Gasteiger partial charge in [-0.25, -0.2) is 0 Å². The molecule has 2 bridgehead atoms. The third-order valence-corrected chi connectivity index (χ3v) is 5.85. The highest BCUT2D eigenvalue weighted by molar-refractivity contribution is 5.66. The van der Waals surface area contributed by atoms with E-state index in [2.05, 4.69) is 24.4 Å². The number of carboxylic acids is 1. The number of ether oxygens (including phenoxy) is 1. The van der Waals surface area contributed by atoms with Gasteiger partial charge in [0.15, 0.2) is 0 Å². The van der Waals surface area contributed by atoms with Gasteiger partial charge in [-0.05, 0) is 63.3 Å². The van der Waals surface area contributed by atoms with E-state index in [0.29, 0.717) is 37.0 Å². The van der Waals surface area contributed by atoms with E-state index in [1.54, 1.807) is 0 Å². The zero-order valence-electron chi connectivity index (χ0n) is 16.2. The molecule has 2 rings (SSSR count). The fourth-order valence-corrected chi connectivity index (χ4v) is 4.42. The molecule has 0 aromatic heterocycles. The van der Waals surface area contributed by atoms with Gasteiger partial charge in [-0.3, -0.25) is 4.79 Å². The number of carbonyl (C=O) groups is 1. The minimum atomic E-state index is -0.715. The van der Waals surface area contributed by atoms with Crippen molar-refractivity contribution in [2.75, 3.05) is 13.1 Å². The summed E-state index contributed by atoms with van der Waals surface area (Å²) < 4.78 is 6.15. The van der Waals surface area contributed by atoms with Crippen LogP contribution in [0.1, 0.15) is 71.1 Å². The molecule has 5 nitrogen and oxygen atoms in total. The maximum atomic E-state index is 10.5. The Labute approximate surface area is 158 Å². The van der Waals surface area contributed by atoms with Gasteiger partial charge < -0.3 is 20.3 Å². The Bertz CT molecular complexity index is 440. The van der Waals surface area contributed by atoms with Crippen LogP contribution in [0.25, 0.3) is 0 Å². The van der Waals surface area contributed by atoms with Crippen molar-refractivity contribution in [3.05, 3.63) is 12.2 Å². The van der Waals surface area contributed by atoms with Crippen LogP contribution in [-0.2, 0) is 9.53 Å². The molecule has 26 heavy (non-hydrogen) atoms. The molecule has 2 aliphatic rings. The van der Waals surface area contributed by atoms with Crippen LogP contribution in [0.3, 0.4) is 0 Å². The smallest absolute Gasteiger partial charge is 0.303 e. The molecule has 2 fully saturated rings. The second kappa shape index (κ2) is 11.7. The van der Waals surface area contributed by atoms with Gasteiger partial charge in [-0.15, -0.1) is 0 Å². The normalized spacial score (nSPS) is 28.8. The predicted molar refractivity (Wildman–Crippen MR) is 103 cm³/mol. The van der Waals surface area contributed by atoms with Gasteiger partial charge in [-0.2, -0.15) is 0 Å². The molecule has 1 unspecified atom stereocenters. The van der Waals surface area contributed by atoms with Crippen molar-refractivity contribution in [2.24, 2.45) is 11.8 Å². The molecule has 0 aliphatic carbocycles. The molecule has 2 saturated heterocycles. The first-order valence-corrected chi connectivity index (χ1v) is 10.5. The first-order valence-electron chi connectivity index (χ1n) is 10.5. The number of nitrogens with one attached hydrogen (secondary N) is 1. The van der Waals surface area contributed by atoms with Gasteiger partial charge in [0.1, 0.15) is 0 Å². The Kier molecular flexibility index (Phi) is 9.65. The second-order valence-corrected chi connectivity index (χ2v) is 7.90. The summed E-state index contributed by atoms with van der Waals surface area (Å²) in [6.45, 7) is 3.78. The highest BCUT2D eigenvalue weighted by Crippen LogP contribution is 2.46. The molecule has 0 aromatic carbocycles. The van der Waals surface area contributed by atoms with E-state index in [1.807, 2.05) is 0 Å². The quantitative estimate of drug-likeness (QED) is 0.323. The zero-order valence-corrected chi connectivity index (χ0v) is 16.2. The van der Waals surface area contributed by atoms with Crippen molar-refractivity contribution in [1.82, 2.24) is 5.32 Å². The molecule has 3 N–H and O–H groups in total. The molecule has 2 heterocycles. The summed E-state index contributed by atoms with van der Waals surface area (Å²) in [5.41, 5.74) is 0. The molecule has 150 valence electrons. The van der Waals surface area contributed by atoms with E-state index in [0.717, 1.165) is 45.1 Å². The third kappa shape index (κ3) is 7.01. The standard InChI is InChI=1S/C21H37NO4/c1-2-3-8-16(23)15-22-14-13-18-17(19-11-12-20(18)26-19)9-6-4-5-7-10-21(24)25/h4,6,16-20,22-23H,2-3,5,7-15H2,1H3,(H,24,25)/b6-4-/t16?,17-,18+,19-,20+/m1/s1. The number of unbranched alkanes of at least 4 members (excludes halogenated alkanes) is 2. The van der Waals surface area contributed by atoms with Gasteiger partial charge >= 0.3 is 5.97 Å². The molecule has 5 heteroatoms. The molecular weight excluding hydrogens is 330 g/mol. The fourth-order valence-electron chi connectivity index (χ4n) is 4.42. The lowest BCUT2D eigenvalue weighted by atomic mass is 9.76. The lowest BCUT2D eigenvalue weighted by Crippen LogP contribution is -2.33. The largest absolute Gasteiger partial charge is 0.481 e. The average Bonchev–Trinajstić information content (AvgIpc) is 3.21. The fraction of sp³-hybridized carbons (Fsp3) is 0.857. The van der Waals surface area contributed by atoms with Gasteiger partial charge in [-0.1, -0.05) is 31.9 Å². The lowest BCUT2D eigenvalue weighted by molar-refractivity contribution is -0.137. The van der Waals surface area contributed by atoms with E-state index >= 15 is 0 Å². The number of fused-ring (bicyclic) bond motifs is 2. The first kappa shape index (κ1) is 21.4. The Balaban J connectivity index is 1.66. The predicted octanol–water partition coefficient (Wildman–Crippen LogP) is 3.51. The van der Waals surface area contributed by atoms with Crippen molar-refractivity contribution in [3.63, 3.8) is 0 Å². The van der Waals surface area contributed by atoms with Crippen molar-refractivity contribution in [2.45, 2.75) is 89.4 Å². The minimum absolute atomic E-state index is 0.226. The molecular formula is C21H37NO4. The number of aliphatic carboxylic acids is 1. The van der Waals surface area contributed by atoms with Gasteiger partial charge in [0.05, 0.1) is 18.3 Å². The van der Waals surface area contributed by atoms with Crippen molar-refractivity contribution < 1.29 is 19.7 Å². The summed E-state index contributed by atoms with van der Waals surface area (Å²) in [6, 6.07) is 0. The summed E-state index contributed by atoms with van der Waals surface area (Å²) in [7, 11) is 0. The van der Waals surface area contributed by atoms with Gasteiger partial charge in [0.25, 0.3) is 0 Å². The van der Waals surface area contributed by atoms with Crippen LogP contribution in [0.5, 0.6) is 0 Å². The molecule has 0 radical (unpaired) electrons. The maximum absolute atomic E-state index is 10.5. The molecule has 2 aliphatic heterocycles. The van der Waals surface area contributed by atoms with E-state index < -0.39 is 5.97 Å². The molecule has 5 atom stereocenters. The summed E-state index contributed by atoms with van der Waals surface area (Å²) in [6.07, 6.45) is 14.4. The van der Waals surface area contributed by atoms with Crippen LogP contribution in [0.2, 0.25) is 0 Å². The van der Waals surface area contributed by atoms with Crippen molar-refractivity contribution in [1.29, 1.82) is 0 Å². The van der Waals surface area contributed by atoms with Crippen LogP contribution < -0.4 is 5.32 Å². The summed E-state index contributed by atoms with van der Waals surface area (Å²) in [5.74, 6) is 0.487. The number of carboxylic acid groups (broad SMARTS) is 1. The van der Waals surface area contributed by atoms with E-state index in [1.165, 1.54) is 12.8 Å². The highest BCUT2D eigenvalue weighted by atomic mass is 16.5. The highest BCUT2D eigenvalue weighted by Gasteiger charge is 2.47. The van der Waals surface area contributed by atoms with Gasteiger partial charge in [0, 0.05) is 13.0 Å². The van der Waals surface area contributed by atoms with Crippen LogP contribution >= 0.6 is 0 Å². The number of hydrogen-bond acceptors (Lipinski definition) is 4. The monoisotopic (exact) mass is 367 g/mol. The zero-order chi connectivity index (χ0) is 18.8. The Morgan fingerprint density at radius 3 is 2.73 bits per heavy atom. The van der Waals surface area contributed by atoms with Gasteiger partial charge in [0.2, 0.25) is 0 Å². The number of allylic oxidation sites excluding steroid dienone is 2. The molecule has 0 aromatic rings. The third-order valence-electron chi connectivity index (χ3n) is 5.85. The Morgan fingerprint density at radius 1 is 1.23 bits per heavy atom. The first-order chi connectivity index (χ1) is 12.6. The molecule has 0 spiro atoms. The van der Waals surface area contributed by atoms with Crippen LogP contribution in [-0.4, -0.2) is 47.6 Å². The van der Waals surface area contributed by atoms with Crippen molar-refractivity contribution >= 4 is 5.97 Å². The van der Waals surface area contributed by atoms with E-state index in [-0.39, 0.29) is 12.5 Å². The minimum Gasteiger partial charge on any atom is -0.481 e. The molecule has 0 saturated carbocycles. The second-order valence-electron chi connectivity index (χ2n) is 7.90. The summed E-state index contributed by atoms with van der Waals surface area (Å²) in [5, 5.41) is 22.0. The lowest BCUT2D eigenvalue weighted by Gasteiger charge is -2.27. The van der Waals surface area contributed by atoms with Crippen LogP contribution in [0.4, 0.5) is 0 Å². The van der Waals surface area contributed by atoms with E-state index in [4.69, 9.17) is 9.84 Å². The number of aliphatic hydroxyl groups excluding tert-OH is 1. The van der Waals surface area contributed by atoms with Crippen molar-refractivity contribution in [3.8, 4) is 0 Å². The maximum Gasteiger partial charge on any atom is 0.303 e. The molecule has 0 amide bonds. The Morgan fingerprint density at radius 2 is 2.00 bits per heavy atom. The van der Waals surface area contributed by atoms with E-state index in [9.17, 15) is 9.90 Å². The summed E-state index contributed by atoms with van der Waals surface area (Å²) in [4.78, 5) is 10.5.